The van der Waals surface area contributed by atoms with Crippen molar-refractivity contribution >= 4 is 23.2 Å². The number of fused-ring (bicyclic) bond motifs is 3. The minimum Gasteiger partial charge on any atom is -0.324 e. The van der Waals surface area contributed by atoms with Gasteiger partial charge >= 0.3 is 0 Å². The summed E-state index contributed by atoms with van der Waals surface area (Å²) in [4.78, 5) is 15.6. The summed E-state index contributed by atoms with van der Waals surface area (Å²) in [6.45, 7) is 0.279. The molecule has 1 N–H and O–H groups in total. The van der Waals surface area contributed by atoms with E-state index in [-0.39, 0.29) is 12.5 Å². The van der Waals surface area contributed by atoms with E-state index in [1.807, 2.05) is 6.07 Å². The van der Waals surface area contributed by atoms with Crippen molar-refractivity contribution in [2.75, 3.05) is 5.32 Å². The van der Waals surface area contributed by atoms with Crippen LogP contribution in [0.2, 0.25) is 5.02 Å². The van der Waals surface area contributed by atoms with Gasteiger partial charge in [-0.15, -0.1) is 0 Å². The second-order valence-electron chi connectivity index (χ2n) is 3.64. The molecule has 0 saturated carbocycles. The van der Waals surface area contributed by atoms with Crippen LogP contribution in [0, 0.1) is 0 Å². The zero-order valence-corrected chi connectivity index (χ0v) is 9.03. The molecule has 0 aliphatic carbocycles. The average Bonchev–Trinajstić information content (AvgIpc) is 2.64. The number of nitrogens with zero attached hydrogens (tertiary/aromatic N) is 2. The van der Waals surface area contributed by atoms with E-state index in [0.29, 0.717) is 5.02 Å². The van der Waals surface area contributed by atoms with Crippen molar-refractivity contribution < 1.29 is 4.79 Å². The lowest BCUT2D eigenvalue weighted by Gasteiger charge is -2.06. The van der Waals surface area contributed by atoms with Crippen LogP contribution in [0.15, 0.2) is 30.7 Å². The summed E-state index contributed by atoms with van der Waals surface area (Å²) in [5.41, 5.74) is 2.57. The van der Waals surface area contributed by atoms with Crippen LogP contribution in [0.3, 0.4) is 0 Å². The van der Waals surface area contributed by atoms with Crippen molar-refractivity contribution in [1.82, 2.24) is 9.55 Å². The number of imidazole rings is 1. The molecule has 0 saturated heterocycles. The Morgan fingerprint density at radius 2 is 2.31 bits per heavy atom. The minimum absolute atomic E-state index is 0.0553. The standard InChI is InChI=1S/C11H8ClN3O/c12-7-1-2-9-8(3-7)10-4-13-6-15(10)5-11(16)14-9/h1-4,6H,5H2,(H,14,16). The van der Waals surface area contributed by atoms with Gasteiger partial charge in [-0.2, -0.15) is 0 Å². The first-order chi connectivity index (χ1) is 7.74. The molecule has 5 heteroatoms. The zero-order chi connectivity index (χ0) is 11.1. The number of halogens is 1. The van der Waals surface area contributed by atoms with Gasteiger partial charge < -0.3 is 9.88 Å². The molecule has 0 unspecified atom stereocenters. The summed E-state index contributed by atoms with van der Waals surface area (Å²) in [5, 5.41) is 3.48. The molecule has 2 aromatic rings. The number of anilines is 1. The smallest absolute Gasteiger partial charge is 0.244 e. The van der Waals surface area contributed by atoms with Gasteiger partial charge in [-0.25, -0.2) is 4.98 Å². The van der Waals surface area contributed by atoms with E-state index in [1.54, 1.807) is 29.2 Å². The van der Waals surface area contributed by atoms with Crippen LogP contribution in [-0.2, 0) is 11.3 Å². The van der Waals surface area contributed by atoms with Gasteiger partial charge in [0.25, 0.3) is 0 Å². The van der Waals surface area contributed by atoms with E-state index in [4.69, 9.17) is 11.6 Å². The van der Waals surface area contributed by atoms with Gasteiger partial charge in [-0.05, 0) is 18.2 Å². The number of hydrogen-bond donors (Lipinski definition) is 1. The summed E-state index contributed by atoms with van der Waals surface area (Å²) in [5.74, 6) is -0.0553. The Kier molecular flexibility index (Phi) is 1.97. The third kappa shape index (κ3) is 1.39. The molecule has 1 aliphatic rings. The highest BCUT2D eigenvalue weighted by molar-refractivity contribution is 6.31. The maximum Gasteiger partial charge on any atom is 0.244 e. The zero-order valence-electron chi connectivity index (χ0n) is 8.27. The SMILES string of the molecule is O=C1Cn2cncc2-c2cc(Cl)ccc2N1. The van der Waals surface area contributed by atoms with Gasteiger partial charge in [0.1, 0.15) is 6.54 Å². The van der Waals surface area contributed by atoms with Crippen molar-refractivity contribution in [3.63, 3.8) is 0 Å². The molecular weight excluding hydrogens is 226 g/mol. The Morgan fingerprint density at radius 3 is 3.19 bits per heavy atom. The highest BCUT2D eigenvalue weighted by Crippen LogP contribution is 2.32. The summed E-state index contributed by atoms with van der Waals surface area (Å²) >= 11 is 5.96. The Labute approximate surface area is 96.9 Å². The summed E-state index contributed by atoms with van der Waals surface area (Å²) in [7, 11) is 0. The van der Waals surface area contributed by atoms with Crippen LogP contribution in [0.25, 0.3) is 11.3 Å². The molecule has 3 rings (SSSR count). The van der Waals surface area contributed by atoms with Crippen molar-refractivity contribution in [3.8, 4) is 11.3 Å². The molecule has 0 bridgehead atoms. The number of nitrogens with one attached hydrogen (secondary N) is 1. The molecule has 1 aromatic heterocycles. The summed E-state index contributed by atoms with van der Waals surface area (Å²) in [6, 6.07) is 5.39. The lowest BCUT2D eigenvalue weighted by atomic mass is 10.1. The van der Waals surface area contributed by atoms with E-state index >= 15 is 0 Å². The first-order valence-corrected chi connectivity index (χ1v) is 5.22. The van der Waals surface area contributed by atoms with Crippen molar-refractivity contribution in [1.29, 1.82) is 0 Å². The highest BCUT2D eigenvalue weighted by atomic mass is 35.5. The molecule has 2 heterocycles. The fourth-order valence-electron chi connectivity index (χ4n) is 1.85. The summed E-state index contributed by atoms with van der Waals surface area (Å²) in [6.07, 6.45) is 3.38. The molecule has 4 nitrogen and oxygen atoms in total. The molecule has 1 amide bonds. The maximum absolute atomic E-state index is 11.6. The van der Waals surface area contributed by atoms with Gasteiger partial charge in [0, 0.05) is 10.6 Å². The Hall–Kier alpha value is -1.81. The average molecular weight is 234 g/mol. The van der Waals surface area contributed by atoms with E-state index in [0.717, 1.165) is 16.9 Å². The fourth-order valence-corrected chi connectivity index (χ4v) is 2.02. The number of benzene rings is 1. The first-order valence-electron chi connectivity index (χ1n) is 4.84. The largest absolute Gasteiger partial charge is 0.324 e. The molecule has 16 heavy (non-hydrogen) atoms. The van der Waals surface area contributed by atoms with Crippen molar-refractivity contribution in [2.45, 2.75) is 6.54 Å². The monoisotopic (exact) mass is 233 g/mol. The van der Waals surface area contributed by atoms with Crippen LogP contribution >= 0.6 is 11.6 Å². The Bertz CT molecular complexity index is 576. The normalized spacial score (nSPS) is 13.7. The van der Waals surface area contributed by atoms with E-state index in [9.17, 15) is 4.79 Å². The summed E-state index contributed by atoms with van der Waals surface area (Å²) < 4.78 is 1.80. The predicted octanol–water partition coefficient (Wildman–Crippen LogP) is 2.16. The van der Waals surface area contributed by atoms with Crippen molar-refractivity contribution in [3.05, 3.63) is 35.7 Å². The van der Waals surface area contributed by atoms with Gasteiger partial charge in [-0.3, -0.25) is 4.79 Å². The number of amides is 1. The fraction of sp³-hybridized carbons (Fsp3) is 0.0909. The molecule has 0 radical (unpaired) electrons. The second kappa shape index (κ2) is 3.35. The predicted molar refractivity (Wildman–Crippen MR) is 61.3 cm³/mol. The minimum atomic E-state index is -0.0553. The topological polar surface area (TPSA) is 46.9 Å². The van der Waals surface area contributed by atoms with Gasteiger partial charge in [0.15, 0.2) is 0 Å². The third-order valence-corrected chi connectivity index (χ3v) is 2.79. The van der Waals surface area contributed by atoms with E-state index < -0.39 is 0 Å². The molecule has 0 fully saturated rings. The number of aromatic nitrogens is 2. The van der Waals surface area contributed by atoms with Crippen LogP contribution in [-0.4, -0.2) is 15.5 Å². The maximum atomic E-state index is 11.6. The van der Waals surface area contributed by atoms with Gasteiger partial charge in [-0.1, -0.05) is 11.6 Å². The second-order valence-corrected chi connectivity index (χ2v) is 4.08. The molecule has 80 valence electrons. The molecule has 1 aromatic carbocycles. The van der Waals surface area contributed by atoms with Gasteiger partial charge in [0.05, 0.1) is 23.9 Å². The van der Waals surface area contributed by atoms with E-state index in [1.165, 1.54) is 0 Å². The Morgan fingerprint density at radius 1 is 1.44 bits per heavy atom. The number of carbonyl (C=O) groups is 1. The van der Waals surface area contributed by atoms with Crippen LogP contribution < -0.4 is 5.32 Å². The highest BCUT2D eigenvalue weighted by Gasteiger charge is 2.18. The number of carbonyl (C=O) groups excluding carboxylic acids is 1. The molecule has 0 atom stereocenters. The first kappa shape index (κ1) is 9.42. The van der Waals surface area contributed by atoms with Crippen LogP contribution in [0.1, 0.15) is 0 Å². The van der Waals surface area contributed by atoms with E-state index in [2.05, 4.69) is 10.3 Å². The molecule has 1 aliphatic heterocycles. The van der Waals surface area contributed by atoms with Gasteiger partial charge in [0.2, 0.25) is 5.91 Å². The number of hydrogen-bond acceptors (Lipinski definition) is 2. The lowest BCUT2D eigenvalue weighted by Crippen LogP contribution is -2.15. The Balaban J connectivity index is 2.29. The molecule has 0 spiro atoms. The number of rotatable bonds is 0. The quantitative estimate of drug-likeness (QED) is 0.758. The van der Waals surface area contributed by atoms with Crippen LogP contribution in [0.4, 0.5) is 5.69 Å². The lowest BCUT2D eigenvalue weighted by molar-refractivity contribution is -0.116. The molecular formula is C11H8ClN3O. The van der Waals surface area contributed by atoms with Crippen molar-refractivity contribution in [2.24, 2.45) is 0 Å². The third-order valence-electron chi connectivity index (χ3n) is 2.56. The van der Waals surface area contributed by atoms with Crippen LogP contribution in [0.5, 0.6) is 0 Å².